The largest absolute Gasteiger partial charge is 0.379 e. The molecule has 0 aliphatic rings. The predicted octanol–water partition coefficient (Wildman–Crippen LogP) is 3.26. The number of benzene rings is 2. The Bertz CT molecular complexity index is 614. The van der Waals surface area contributed by atoms with E-state index in [0.717, 1.165) is 5.56 Å². The van der Waals surface area contributed by atoms with E-state index in [0.29, 0.717) is 6.54 Å². The highest BCUT2D eigenvalue weighted by Crippen LogP contribution is 2.18. The lowest BCUT2D eigenvalue weighted by Gasteiger charge is -2.09. The van der Waals surface area contributed by atoms with Crippen molar-refractivity contribution in [2.24, 2.45) is 5.73 Å². The lowest BCUT2D eigenvalue weighted by Crippen LogP contribution is -2.12. The molecule has 2 aromatic carbocycles. The second-order valence-electron chi connectivity index (χ2n) is 4.26. The SMILES string of the molecule is CSc1ccc(CNc2cc(C(N)=O)ccc2F)cc1. The van der Waals surface area contributed by atoms with Crippen LogP contribution < -0.4 is 11.1 Å². The molecule has 0 bridgehead atoms. The molecule has 20 heavy (non-hydrogen) atoms. The van der Waals surface area contributed by atoms with Gasteiger partial charge in [-0.05, 0) is 42.2 Å². The Hall–Kier alpha value is -2.01. The van der Waals surface area contributed by atoms with Gasteiger partial charge in [-0.25, -0.2) is 4.39 Å². The quantitative estimate of drug-likeness (QED) is 0.831. The second-order valence-corrected chi connectivity index (χ2v) is 5.14. The second kappa shape index (κ2) is 6.43. The summed E-state index contributed by atoms with van der Waals surface area (Å²) in [5.74, 6) is -0.979. The van der Waals surface area contributed by atoms with E-state index in [-0.39, 0.29) is 11.3 Å². The molecule has 0 radical (unpaired) electrons. The fraction of sp³-hybridized carbons (Fsp3) is 0.133. The molecular weight excluding hydrogens is 275 g/mol. The number of halogens is 1. The van der Waals surface area contributed by atoms with Gasteiger partial charge in [0.05, 0.1) is 5.69 Å². The number of nitrogens with two attached hydrogens (primary N) is 1. The van der Waals surface area contributed by atoms with Crippen molar-refractivity contribution in [2.45, 2.75) is 11.4 Å². The molecule has 5 heteroatoms. The first-order valence-corrected chi connectivity index (χ1v) is 7.29. The molecule has 2 aromatic rings. The van der Waals surface area contributed by atoms with Gasteiger partial charge in [-0.15, -0.1) is 11.8 Å². The van der Waals surface area contributed by atoms with Crippen LogP contribution in [0.1, 0.15) is 15.9 Å². The van der Waals surface area contributed by atoms with Crippen molar-refractivity contribution < 1.29 is 9.18 Å². The minimum absolute atomic E-state index is 0.273. The molecule has 3 N–H and O–H groups in total. The first kappa shape index (κ1) is 14.4. The van der Waals surface area contributed by atoms with Crippen molar-refractivity contribution in [2.75, 3.05) is 11.6 Å². The molecule has 0 saturated heterocycles. The fourth-order valence-corrected chi connectivity index (χ4v) is 2.16. The van der Waals surface area contributed by atoms with Crippen LogP contribution in [0.5, 0.6) is 0 Å². The first-order valence-electron chi connectivity index (χ1n) is 6.06. The van der Waals surface area contributed by atoms with Crippen molar-refractivity contribution in [3.63, 3.8) is 0 Å². The minimum Gasteiger partial charge on any atom is -0.379 e. The third kappa shape index (κ3) is 3.51. The topological polar surface area (TPSA) is 55.1 Å². The summed E-state index contributed by atoms with van der Waals surface area (Å²) in [5.41, 5.74) is 6.77. The van der Waals surface area contributed by atoms with Gasteiger partial charge in [0.25, 0.3) is 0 Å². The number of amides is 1. The highest BCUT2D eigenvalue weighted by Gasteiger charge is 2.06. The van der Waals surface area contributed by atoms with E-state index in [1.165, 1.54) is 23.1 Å². The third-order valence-electron chi connectivity index (χ3n) is 2.89. The first-order chi connectivity index (χ1) is 9.60. The highest BCUT2D eigenvalue weighted by molar-refractivity contribution is 7.98. The molecule has 2 rings (SSSR count). The maximum atomic E-state index is 13.6. The zero-order chi connectivity index (χ0) is 14.5. The molecule has 0 aliphatic heterocycles. The van der Waals surface area contributed by atoms with Gasteiger partial charge in [0.2, 0.25) is 5.91 Å². The summed E-state index contributed by atoms with van der Waals surface area (Å²) >= 11 is 1.67. The normalized spacial score (nSPS) is 10.3. The van der Waals surface area contributed by atoms with E-state index >= 15 is 0 Å². The van der Waals surface area contributed by atoms with Crippen molar-refractivity contribution in [3.8, 4) is 0 Å². The Morgan fingerprint density at radius 2 is 1.95 bits per heavy atom. The number of hydrogen-bond acceptors (Lipinski definition) is 3. The zero-order valence-corrected chi connectivity index (χ0v) is 11.8. The van der Waals surface area contributed by atoms with Crippen molar-refractivity contribution in [3.05, 3.63) is 59.4 Å². The van der Waals surface area contributed by atoms with Gasteiger partial charge in [0.1, 0.15) is 5.82 Å². The van der Waals surface area contributed by atoms with Gasteiger partial charge in [0, 0.05) is 17.0 Å². The van der Waals surface area contributed by atoms with Gasteiger partial charge in [-0.2, -0.15) is 0 Å². The van der Waals surface area contributed by atoms with E-state index in [4.69, 9.17) is 5.73 Å². The van der Waals surface area contributed by atoms with Crippen LogP contribution in [0.4, 0.5) is 10.1 Å². The summed E-state index contributed by atoms with van der Waals surface area (Å²) in [4.78, 5) is 12.3. The van der Waals surface area contributed by atoms with Crippen LogP contribution in [0.2, 0.25) is 0 Å². The summed E-state index contributed by atoms with van der Waals surface area (Å²) in [6, 6.07) is 12.0. The molecule has 0 unspecified atom stereocenters. The number of rotatable bonds is 5. The lowest BCUT2D eigenvalue weighted by molar-refractivity contribution is 0.100. The van der Waals surface area contributed by atoms with Gasteiger partial charge in [-0.1, -0.05) is 12.1 Å². The number of carbonyl (C=O) groups excluding carboxylic acids is 1. The van der Waals surface area contributed by atoms with Crippen LogP contribution in [0.15, 0.2) is 47.4 Å². The molecule has 0 aliphatic carbocycles. The monoisotopic (exact) mass is 290 g/mol. The summed E-state index contributed by atoms with van der Waals surface area (Å²) in [5, 5.41) is 2.97. The molecule has 0 saturated carbocycles. The number of nitrogens with one attached hydrogen (secondary N) is 1. The predicted molar refractivity (Wildman–Crippen MR) is 80.5 cm³/mol. The number of primary amides is 1. The van der Waals surface area contributed by atoms with E-state index in [1.54, 1.807) is 11.8 Å². The van der Waals surface area contributed by atoms with Crippen molar-refractivity contribution >= 4 is 23.4 Å². The Morgan fingerprint density at radius 3 is 2.55 bits per heavy atom. The molecular formula is C15H15FN2OS. The van der Waals surface area contributed by atoms with Crippen LogP contribution in [0.3, 0.4) is 0 Å². The Balaban J connectivity index is 2.09. The van der Waals surface area contributed by atoms with E-state index in [2.05, 4.69) is 5.32 Å². The Kier molecular flexibility index (Phi) is 4.63. The van der Waals surface area contributed by atoms with E-state index in [1.807, 2.05) is 30.5 Å². The molecule has 0 heterocycles. The number of carbonyl (C=O) groups is 1. The third-order valence-corrected chi connectivity index (χ3v) is 3.64. The van der Waals surface area contributed by atoms with Gasteiger partial charge in [0.15, 0.2) is 0 Å². The standard InChI is InChI=1S/C15H15FN2OS/c1-20-12-5-2-10(3-6-12)9-18-14-8-11(15(17)19)4-7-13(14)16/h2-8,18H,9H2,1H3,(H2,17,19). The van der Waals surface area contributed by atoms with E-state index < -0.39 is 11.7 Å². The maximum Gasteiger partial charge on any atom is 0.248 e. The lowest BCUT2D eigenvalue weighted by atomic mass is 10.1. The van der Waals surface area contributed by atoms with Crippen LogP contribution >= 0.6 is 11.8 Å². The summed E-state index contributed by atoms with van der Waals surface area (Å²) in [6.07, 6.45) is 2.01. The average molecular weight is 290 g/mol. The van der Waals surface area contributed by atoms with Gasteiger partial charge < -0.3 is 11.1 Å². The summed E-state index contributed by atoms with van der Waals surface area (Å²) in [6.45, 7) is 0.480. The van der Waals surface area contributed by atoms with E-state index in [9.17, 15) is 9.18 Å². The number of thioether (sulfide) groups is 1. The average Bonchev–Trinajstić information content (AvgIpc) is 2.46. The minimum atomic E-state index is -0.572. The number of anilines is 1. The Labute approximate surface area is 121 Å². The zero-order valence-electron chi connectivity index (χ0n) is 11.0. The maximum absolute atomic E-state index is 13.6. The molecule has 1 amide bonds. The van der Waals surface area contributed by atoms with Crippen LogP contribution in [-0.2, 0) is 6.54 Å². The smallest absolute Gasteiger partial charge is 0.248 e. The number of hydrogen-bond donors (Lipinski definition) is 2. The van der Waals surface area contributed by atoms with Crippen LogP contribution in [0.25, 0.3) is 0 Å². The molecule has 104 valence electrons. The van der Waals surface area contributed by atoms with Gasteiger partial charge in [-0.3, -0.25) is 4.79 Å². The fourth-order valence-electron chi connectivity index (χ4n) is 1.75. The molecule has 0 spiro atoms. The molecule has 3 nitrogen and oxygen atoms in total. The van der Waals surface area contributed by atoms with Crippen LogP contribution in [0, 0.1) is 5.82 Å². The summed E-state index contributed by atoms with van der Waals surface area (Å²) < 4.78 is 13.6. The van der Waals surface area contributed by atoms with Crippen molar-refractivity contribution in [1.29, 1.82) is 0 Å². The molecule has 0 fully saturated rings. The molecule has 0 atom stereocenters. The van der Waals surface area contributed by atoms with Crippen molar-refractivity contribution in [1.82, 2.24) is 0 Å². The molecule has 0 aromatic heterocycles. The summed E-state index contributed by atoms with van der Waals surface area (Å²) in [7, 11) is 0. The van der Waals surface area contributed by atoms with Gasteiger partial charge >= 0.3 is 0 Å². The Morgan fingerprint density at radius 1 is 1.25 bits per heavy atom. The highest BCUT2D eigenvalue weighted by atomic mass is 32.2. The van der Waals surface area contributed by atoms with Crippen LogP contribution in [-0.4, -0.2) is 12.2 Å².